The molecule has 1 saturated heterocycles. The van der Waals surface area contributed by atoms with E-state index in [4.69, 9.17) is 5.11 Å². The van der Waals surface area contributed by atoms with Crippen LogP contribution in [-0.4, -0.2) is 46.6 Å². The molecule has 0 aromatic heterocycles. The molecule has 1 aromatic rings. The smallest absolute Gasteiger partial charge is 0.335 e. The SMILES string of the molecule is CCCC(C)CCCCN1CCC(=O)N1CCc1ccc(C(=O)O)cc1. The first kappa shape index (κ1) is 20.4. The highest BCUT2D eigenvalue weighted by atomic mass is 16.4. The number of carbonyl (C=O) groups is 2. The number of hydrogen-bond acceptors (Lipinski definition) is 3. The van der Waals surface area contributed by atoms with Crippen molar-refractivity contribution >= 4 is 11.9 Å². The van der Waals surface area contributed by atoms with Crippen molar-refractivity contribution in [3.05, 3.63) is 35.4 Å². The summed E-state index contributed by atoms with van der Waals surface area (Å²) in [7, 11) is 0. The van der Waals surface area contributed by atoms with Crippen molar-refractivity contribution in [2.75, 3.05) is 19.6 Å². The molecule has 0 aliphatic carbocycles. The number of amides is 1. The van der Waals surface area contributed by atoms with Crippen molar-refractivity contribution in [1.82, 2.24) is 10.0 Å². The van der Waals surface area contributed by atoms with E-state index in [1.54, 1.807) is 12.1 Å². The topological polar surface area (TPSA) is 60.9 Å². The van der Waals surface area contributed by atoms with E-state index in [1.165, 1.54) is 25.7 Å². The Hall–Kier alpha value is -1.88. The van der Waals surface area contributed by atoms with E-state index in [0.29, 0.717) is 18.5 Å². The highest BCUT2D eigenvalue weighted by molar-refractivity contribution is 5.87. The van der Waals surface area contributed by atoms with Gasteiger partial charge in [0.15, 0.2) is 0 Å². The third-order valence-electron chi connectivity index (χ3n) is 5.17. The second-order valence-electron chi connectivity index (χ2n) is 7.36. The lowest BCUT2D eigenvalue weighted by atomic mass is 9.99. The molecule has 1 fully saturated rings. The number of hydrogen-bond donors (Lipinski definition) is 1. The minimum Gasteiger partial charge on any atom is -0.478 e. The van der Waals surface area contributed by atoms with Gasteiger partial charge in [0.25, 0.3) is 0 Å². The number of benzene rings is 1. The molecule has 5 heteroatoms. The molecule has 1 aliphatic rings. The predicted octanol–water partition coefficient (Wildman–Crippen LogP) is 3.98. The third kappa shape index (κ3) is 6.13. The Bertz CT molecular complexity index is 585. The van der Waals surface area contributed by atoms with Gasteiger partial charge in [-0.15, -0.1) is 0 Å². The second kappa shape index (κ2) is 10.3. The van der Waals surface area contributed by atoms with E-state index in [-0.39, 0.29) is 5.91 Å². The van der Waals surface area contributed by atoms with Crippen LogP contribution in [-0.2, 0) is 11.2 Å². The van der Waals surface area contributed by atoms with Crippen LogP contribution in [0.2, 0.25) is 0 Å². The molecule has 144 valence electrons. The van der Waals surface area contributed by atoms with Gasteiger partial charge in [-0.2, -0.15) is 0 Å². The van der Waals surface area contributed by atoms with Crippen molar-refractivity contribution < 1.29 is 14.7 Å². The molecule has 5 nitrogen and oxygen atoms in total. The normalized spacial score (nSPS) is 16.2. The van der Waals surface area contributed by atoms with Crippen LogP contribution in [0.3, 0.4) is 0 Å². The molecule has 1 N–H and O–H groups in total. The van der Waals surface area contributed by atoms with E-state index in [2.05, 4.69) is 18.9 Å². The molecule has 1 heterocycles. The van der Waals surface area contributed by atoms with Gasteiger partial charge in [0.05, 0.1) is 5.56 Å². The Labute approximate surface area is 157 Å². The average molecular weight is 360 g/mol. The van der Waals surface area contributed by atoms with Crippen LogP contribution in [0.25, 0.3) is 0 Å². The van der Waals surface area contributed by atoms with Crippen LogP contribution in [0.4, 0.5) is 0 Å². The largest absolute Gasteiger partial charge is 0.478 e. The van der Waals surface area contributed by atoms with Gasteiger partial charge in [0.1, 0.15) is 0 Å². The number of carboxylic acid groups (broad SMARTS) is 1. The summed E-state index contributed by atoms with van der Waals surface area (Å²) in [5.41, 5.74) is 1.35. The number of rotatable bonds is 11. The number of carboxylic acids is 1. The lowest BCUT2D eigenvalue weighted by molar-refractivity contribution is -0.137. The van der Waals surface area contributed by atoms with Crippen LogP contribution in [0.1, 0.15) is 68.3 Å². The van der Waals surface area contributed by atoms with Crippen LogP contribution in [0, 0.1) is 5.92 Å². The average Bonchev–Trinajstić information content (AvgIpc) is 2.97. The maximum Gasteiger partial charge on any atom is 0.335 e. The molecule has 1 unspecified atom stereocenters. The Morgan fingerprint density at radius 3 is 2.54 bits per heavy atom. The molecule has 1 atom stereocenters. The van der Waals surface area contributed by atoms with Gasteiger partial charge in [-0.1, -0.05) is 51.7 Å². The van der Waals surface area contributed by atoms with Crippen molar-refractivity contribution in [1.29, 1.82) is 0 Å². The molecule has 26 heavy (non-hydrogen) atoms. The maximum atomic E-state index is 12.2. The summed E-state index contributed by atoms with van der Waals surface area (Å²) in [6, 6.07) is 6.92. The Balaban J connectivity index is 1.77. The van der Waals surface area contributed by atoms with Gasteiger partial charge in [-0.05, 0) is 36.5 Å². The van der Waals surface area contributed by atoms with Gasteiger partial charge in [0, 0.05) is 26.1 Å². The molecule has 0 spiro atoms. The van der Waals surface area contributed by atoms with Gasteiger partial charge in [-0.25, -0.2) is 9.80 Å². The zero-order chi connectivity index (χ0) is 18.9. The fourth-order valence-electron chi connectivity index (χ4n) is 3.60. The number of nitrogens with zero attached hydrogens (tertiary/aromatic N) is 2. The van der Waals surface area contributed by atoms with Crippen LogP contribution >= 0.6 is 0 Å². The molecule has 0 radical (unpaired) electrons. The van der Waals surface area contributed by atoms with E-state index >= 15 is 0 Å². The zero-order valence-electron chi connectivity index (χ0n) is 16.1. The molecular weight excluding hydrogens is 328 g/mol. The predicted molar refractivity (Wildman–Crippen MR) is 103 cm³/mol. The molecular formula is C21H32N2O3. The molecule has 1 aliphatic heterocycles. The number of hydrazine groups is 1. The summed E-state index contributed by atoms with van der Waals surface area (Å²) < 4.78 is 0. The Morgan fingerprint density at radius 1 is 1.15 bits per heavy atom. The summed E-state index contributed by atoms with van der Waals surface area (Å²) in [6.07, 6.45) is 7.52. The first-order chi connectivity index (χ1) is 12.5. The fourth-order valence-corrected chi connectivity index (χ4v) is 3.60. The fraction of sp³-hybridized carbons (Fsp3) is 0.619. The van der Waals surface area contributed by atoms with E-state index in [0.717, 1.165) is 37.4 Å². The van der Waals surface area contributed by atoms with Gasteiger partial charge in [-0.3, -0.25) is 9.80 Å². The first-order valence-corrected chi connectivity index (χ1v) is 9.88. The number of unbranched alkanes of at least 4 members (excludes halogenated alkanes) is 1. The maximum absolute atomic E-state index is 12.2. The highest BCUT2D eigenvalue weighted by Crippen LogP contribution is 2.17. The quantitative estimate of drug-likeness (QED) is 0.606. The van der Waals surface area contributed by atoms with Crippen LogP contribution in [0.15, 0.2) is 24.3 Å². The molecule has 2 rings (SSSR count). The molecule has 1 amide bonds. The first-order valence-electron chi connectivity index (χ1n) is 9.88. The Morgan fingerprint density at radius 2 is 1.88 bits per heavy atom. The molecule has 1 aromatic carbocycles. The van der Waals surface area contributed by atoms with Crippen molar-refractivity contribution in [3.63, 3.8) is 0 Å². The van der Waals surface area contributed by atoms with Crippen molar-refractivity contribution in [2.24, 2.45) is 5.92 Å². The highest BCUT2D eigenvalue weighted by Gasteiger charge is 2.27. The number of aromatic carboxylic acids is 1. The minimum atomic E-state index is -0.911. The van der Waals surface area contributed by atoms with Gasteiger partial charge >= 0.3 is 5.97 Å². The third-order valence-corrected chi connectivity index (χ3v) is 5.17. The van der Waals surface area contributed by atoms with Gasteiger partial charge < -0.3 is 5.11 Å². The standard InChI is InChI=1S/C21H32N2O3/c1-3-6-17(2)7-4-5-14-22-15-13-20(24)23(22)16-12-18-8-10-19(11-9-18)21(25)26/h8-11,17H,3-7,12-16H2,1-2H3,(H,25,26). The monoisotopic (exact) mass is 360 g/mol. The number of carbonyl (C=O) groups excluding carboxylic acids is 1. The zero-order valence-corrected chi connectivity index (χ0v) is 16.1. The summed E-state index contributed by atoms with van der Waals surface area (Å²) in [5.74, 6) is 0.0855. The van der Waals surface area contributed by atoms with Crippen LogP contribution < -0.4 is 0 Å². The molecule has 0 saturated carbocycles. The van der Waals surface area contributed by atoms with Crippen molar-refractivity contribution in [3.8, 4) is 0 Å². The van der Waals surface area contributed by atoms with E-state index < -0.39 is 5.97 Å². The Kier molecular flexibility index (Phi) is 8.10. The van der Waals surface area contributed by atoms with Crippen LogP contribution in [0.5, 0.6) is 0 Å². The summed E-state index contributed by atoms with van der Waals surface area (Å²) in [6.45, 7) is 6.99. The minimum absolute atomic E-state index is 0.200. The second-order valence-corrected chi connectivity index (χ2v) is 7.36. The summed E-state index contributed by atoms with van der Waals surface area (Å²) in [5, 5.41) is 13.0. The van der Waals surface area contributed by atoms with E-state index in [1.807, 2.05) is 17.1 Å². The molecule has 0 bridgehead atoms. The van der Waals surface area contributed by atoms with E-state index in [9.17, 15) is 9.59 Å². The van der Waals surface area contributed by atoms with Crippen molar-refractivity contribution in [2.45, 2.75) is 58.8 Å². The lowest BCUT2D eigenvalue weighted by Gasteiger charge is -2.28. The summed E-state index contributed by atoms with van der Waals surface area (Å²) in [4.78, 5) is 23.1. The summed E-state index contributed by atoms with van der Waals surface area (Å²) >= 11 is 0. The lowest BCUT2D eigenvalue weighted by Crippen LogP contribution is -2.40. The van der Waals surface area contributed by atoms with Gasteiger partial charge in [0.2, 0.25) is 5.91 Å².